The van der Waals surface area contributed by atoms with Gasteiger partial charge in [-0.2, -0.15) is 0 Å². The van der Waals surface area contributed by atoms with Gasteiger partial charge in [0.05, 0.1) is 5.56 Å². The number of nitrogen functional groups attached to an aromatic ring is 1. The maximum atomic E-state index is 11.9. The minimum Gasteiger partial charge on any atom is -0.449 e. The van der Waals surface area contributed by atoms with Crippen LogP contribution in [0.2, 0.25) is 0 Å². The SMILES string of the molecule is Cc1cc(NC(=O)C(C)OC(=O)c2ccc(N)cc2)no1. The summed E-state index contributed by atoms with van der Waals surface area (Å²) in [5.41, 5.74) is 6.39. The normalized spacial score (nSPS) is 11.7. The van der Waals surface area contributed by atoms with Crippen LogP contribution in [-0.4, -0.2) is 23.1 Å². The maximum absolute atomic E-state index is 11.9. The molecule has 1 aromatic heterocycles. The molecule has 2 aromatic rings. The summed E-state index contributed by atoms with van der Waals surface area (Å²) in [5.74, 6) is -0.259. The van der Waals surface area contributed by atoms with Crippen molar-refractivity contribution in [2.24, 2.45) is 0 Å². The summed E-state index contributed by atoms with van der Waals surface area (Å²) in [7, 11) is 0. The van der Waals surface area contributed by atoms with Crippen molar-refractivity contribution in [1.29, 1.82) is 0 Å². The number of carbonyl (C=O) groups is 2. The van der Waals surface area contributed by atoms with Crippen LogP contribution in [0, 0.1) is 6.92 Å². The molecule has 0 spiro atoms. The Labute approximate surface area is 121 Å². The van der Waals surface area contributed by atoms with E-state index in [4.69, 9.17) is 15.0 Å². The third-order valence-corrected chi connectivity index (χ3v) is 2.68. The summed E-state index contributed by atoms with van der Waals surface area (Å²) in [6.45, 7) is 3.17. The fourth-order valence-electron chi connectivity index (χ4n) is 1.55. The van der Waals surface area contributed by atoms with E-state index in [1.807, 2.05) is 0 Å². The lowest BCUT2D eigenvalue weighted by atomic mass is 10.2. The fraction of sp³-hybridized carbons (Fsp3) is 0.214. The number of amides is 1. The van der Waals surface area contributed by atoms with E-state index in [9.17, 15) is 9.59 Å². The Morgan fingerprint density at radius 3 is 2.57 bits per heavy atom. The van der Waals surface area contributed by atoms with Crippen molar-refractivity contribution in [1.82, 2.24) is 5.16 Å². The number of rotatable bonds is 4. The van der Waals surface area contributed by atoms with Gasteiger partial charge in [-0.25, -0.2) is 4.79 Å². The first-order valence-electron chi connectivity index (χ1n) is 6.26. The number of hydrogen-bond donors (Lipinski definition) is 2. The first-order valence-corrected chi connectivity index (χ1v) is 6.26. The van der Waals surface area contributed by atoms with Crippen molar-refractivity contribution in [2.45, 2.75) is 20.0 Å². The van der Waals surface area contributed by atoms with Crippen LogP contribution in [0.3, 0.4) is 0 Å². The van der Waals surface area contributed by atoms with E-state index in [-0.39, 0.29) is 5.82 Å². The molecule has 3 N–H and O–H groups in total. The lowest BCUT2D eigenvalue weighted by molar-refractivity contribution is -0.123. The van der Waals surface area contributed by atoms with Crippen LogP contribution in [0.4, 0.5) is 11.5 Å². The predicted octanol–water partition coefficient (Wildman–Crippen LogP) is 1.75. The maximum Gasteiger partial charge on any atom is 0.338 e. The Morgan fingerprint density at radius 1 is 1.33 bits per heavy atom. The Kier molecular flexibility index (Phi) is 4.22. The third-order valence-electron chi connectivity index (χ3n) is 2.68. The van der Waals surface area contributed by atoms with Crippen LogP contribution in [0.5, 0.6) is 0 Å². The van der Waals surface area contributed by atoms with Crippen molar-refractivity contribution >= 4 is 23.4 Å². The van der Waals surface area contributed by atoms with Crippen molar-refractivity contribution in [3.8, 4) is 0 Å². The van der Waals surface area contributed by atoms with Gasteiger partial charge in [0.1, 0.15) is 5.76 Å². The van der Waals surface area contributed by atoms with Gasteiger partial charge < -0.3 is 20.3 Å². The molecule has 1 amide bonds. The van der Waals surface area contributed by atoms with Gasteiger partial charge in [0.2, 0.25) is 0 Å². The first kappa shape index (κ1) is 14.6. The molecule has 1 aromatic carbocycles. The van der Waals surface area contributed by atoms with Gasteiger partial charge in [0, 0.05) is 11.8 Å². The molecule has 110 valence electrons. The van der Waals surface area contributed by atoms with E-state index in [1.54, 1.807) is 25.1 Å². The smallest absolute Gasteiger partial charge is 0.338 e. The molecular formula is C14H15N3O4. The first-order chi connectivity index (χ1) is 9.95. The van der Waals surface area contributed by atoms with Gasteiger partial charge in [0.15, 0.2) is 11.9 Å². The van der Waals surface area contributed by atoms with E-state index < -0.39 is 18.0 Å². The monoisotopic (exact) mass is 289 g/mol. The molecule has 1 atom stereocenters. The molecule has 0 aliphatic rings. The van der Waals surface area contributed by atoms with E-state index in [0.717, 1.165) is 0 Å². The van der Waals surface area contributed by atoms with Gasteiger partial charge >= 0.3 is 5.97 Å². The molecular weight excluding hydrogens is 274 g/mol. The van der Waals surface area contributed by atoms with Crippen LogP contribution in [0.1, 0.15) is 23.0 Å². The number of esters is 1. The summed E-state index contributed by atoms with van der Waals surface area (Å²) in [6.07, 6.45) is -0.966. The Hall–Kier alpha value is -2.83. The minimum atomic E-state index is -0.966. The molecule has 1 unspecified atom stereocenters. The Morgan fingerprint density at radius 2 is 2.00 bits per heavy atom. The van der Waals surface area contributed by atoms with Crippen LogP contribution in [-0.2, 0) is 9.53 Å². The number of aromatic nitrogens is 1. The number of aryl methyl sites for hydroxylation is 1. The second-order valence-corrected chi connectivity index (χ2v) is 4.48. The van der Waals surface area contributed by atoms with Gasteiger partial charge in [-0.15, -0.1) is 0 Å². The zero-order chi connectivity index (χ0) is 15.4. The number of nitrogens with two attached hydrogens (primary N) is 1. The molecule has 2 rings (SSSR count). The van der Waals surface area contributed by atoms with E-state index >= 15 is 0 Å². The van der Waals surface area contributed by atoms with Crippen LogP contribution in [0.25, 0.3) is 0 Å². The summed E-state index contributed by atoms with van der Waals surface area (Å²) in [4.78, 5) is 23.7. The highest BCUT2D eigenvalue weighted by Gasteiger charge is 2.19. The van der Waals surface area contributed by atoms with Crippen molar-refractivity contribution < 1.29 is 18.8 Å². The number of ether oxygens (including phenoxy) is 1. The fourth-order valence-corrected chi connectivity index (χ4v) is 1.55. The quantitative estimate of drug-likeness (QED) is 0.655. The van der Waals surface area contributed by atoms with Crippen LogP contribution < -0.4 is 11.1 Å². The minimum absolute atomic E-state index is 0.271. The number of hydrogen-bond acceptors (Lipinski definition) is 6. The molecule has 1 heterocycles. The zero-order valence-corrected chi connectivity index (χ0v) is 11.6. The van der Waals surface area contributed by atoms with Gasteiger partial charge in [-0.3, -0.25) is 4.79 Å². The van der Waals surface area contributed by atoms with Crippen molar-refractivity contribution in [2.75, 3.05) is 11.1 Å². The zero-order valence-electron chi connectivity index (χ0n) is 11.6. The largest absolute Gasteiger partial charge is 0.449 e. The molecule has 21 heavy (non-hydrogen) atoms. The molecule has 0 saturated carbocycles. The summed E-state index contributed by atoms with van der Waals surface area (Å²) in [6, 6.07) is 7.79. The van der Waals surface area contributed by atoms with Gasteiger partial charge in [0.25, 0.3) is 5.91 Å². The van der Waals surface area contributed by atoms with E-state index in [2.05, 4.69) is 10.5 Å². The molecule has 0 fully saturated rings. The average Bonchev–Trinajstić information content (AvgIpc) is 2.84. The van der Waals surface area contributed by atoms with Gasteiger partial charge in [-0.1, -0.05) is 5.16 Å². The van der Waals surface area contributed by atoms with E-state index in [0.29, 0.717) is 17.0 Å². The van der Waals surface area contributed by atoms with E-state index in [1.165, 1.54) is 19.1 Å². The van der Waals surface area contributed by atoms with Crippen LogP contribution in [0.15, 0.2) is 34.9 Å². The highest BCUT2D eigenvalue weighted by atomic mass is 16.5. The second-order valence-electron chi connectivity index (χ2n) is 4.48. The molecule has 0 aliphatic heterocycles. The predicted molar refractivity (Wildman–Crippen MR) is 75.6 cm³/mol. The number of anilines is 2. The summed E-state index contributed by atoms with van der Waals surface area (Å²) in [5, 5.41) is 6.11. The molecule has 0 bridgehead atoms. The summed E-state index contributed by atoms with van der Waals surface area (Å²) >= 11 is 0. The lowest BCUT2D eigenvalue weighted by Crippen LogP contribution is -2.30. The second kappa shape index (κ2) is 6.08. The Bertz CT molecular complexity index is 648. The molecule has 0 radical (unpaired) electrons. The van der Waals surface area contributed by atoms with Crippen LogP contribution >= 0.6 is 0 Å². The lowest BCUT2D eigenvalue weighted by Gasteiger charge is -2.12. The Balaban J connectivity index is 1.93. The van der Waals surface area contributed by atoms with Crippen molar-refractivity contribution in [3.05, 3.63) is 41.7 Å². The standard InChI is InChI=1S/C14H15N3O4/c1-8-7-12(17-21-8)16-13(18)9(2)20-14(19)10-3-5-11(15)6-4-10/h3-7,9H,15H2,1-2H3,(H,16,17,18). The summed E-state index contributed by atoms with van der Waals surface area (Å²) < 4.78 is 9.89. The third kappa shape index (κ3) is 3.82. The topological polar surface area (TPSA) is 107 Å². The van der Waals surface area contributed by atoms with Gasteiger partial charge in [-0.05, 0) is 38.1 Å². The average molecular weight is 289 g/mol. The molecule has 7 nitrogen and oxygen atoms in total. The number of nitrogens with zero attached hydrogens (tertiary/aromatic N) is 1. The molecule has 0 aliphatic carbocycles. The molecule has 0 saturated heterocycles. The van der Waals surface area contributed by atoms with Crippen molar-refractivity contribution in [3.63, 3.8) is 0 Å². The highest BCUT2D eigenvalue weighted by molar-refractivity contribution is 5.96. The number of nitrogens with one attached hydrogen (secondary N) is 1. The highest BCUT2D eigenvalue weighted by Crippen LogP contribution is 2.10. The number of carbonyl (C=O) groups excluding carboxylic acids is 2. The molecule has 7 heteroatoms. The number of benzene rings is 1.